The fourth-order valence-corrected chi connectivity index (χ4v) is 3.57. The second-order valence-corrected chi connectivity index (χ2v) is 6.82. The maximum absolute atomic E-state index is 11.9. The van der Waals surface area contributed by atoms with E-state index in [0.29, 0.717) is 24.0 Å². The van der Waals surface area contributed by atoms with Crippen molar-refractivity contribution in [2.24, 2.45) is 0 Å². The average molecular weight is 359 g/mol. The van der Waals surface area contributed by atoms with Crippen LogP contribution in [-0.4, -0.2) is 18.7 Å². The standard InChI is InChI=1S/C21H23ClO3/c1-2-24-21(23)14-19-12-17(15-6-4-3-5-7-15)13-20(25-19)16-8-10-18(22)11-9-16/h3-11,17,19-20H,2,12-14H2,1H3/t17-,19-,20+/m0/s1. The fraction of sp³-hybridized carbons (Fsp3) is 0.381. The van der Waals surface area contributed by atoms with Crippen molar-refractivity contribution in [3.8, 4) is 0 Å². The van der Waals surface area contributed by atoms with E-state index in [9.17, 15) is 4.79 Å². The highest BCUT2D eigenvalue weighted by Crippen LogP contribution is 2.41. The summed E-state index contributed by atoms with van der Waals surface area (Å²) in [5, 5.41) is 0.710. The summed E-state index contributed by atoms with van der Waals surface area (Å²) >= 11 is 6.01. The third-order valence-electron chi connectivity index (χ3n) is 4.62. The minimum Gasteiger partial charge on any atom is -0.466 e. The molecule has 0 aromatic heterocycles. The highest BCUT2D eigenvalue weighted by molar-refractivity contribution is 6.30. The van der Waals surface area contributed by atoms with Crippen LogP contribution in [0.15, 0.2) is 54.6 Å². The first-order chi connectivity index (χ1) is 12.2. The number of halogens is 1. The lowest BCUT2D eigenvalue weighted by Gasteiger charge is -2.35. The molecule has 132 valence electrons. The second kappa shape index (κ2) is 8.50. The first-order valence-electron chi connectivity index (χ1n) is 8.77. The van der Waals surface area contributed by atoms with E-state index in [2.05, 4.69) is 24.3 Å². The largest absolute Gasteiger partial charge is 0.466 e. The molecule has 1 saturated heterocycles. The average Bonchev–Trinajstić information content (AvgIpc) is 2.63. The lowest BCUT2D eigenvalue weighted by molar-refractivity contribution is -0.150. The van der Waals surface area contributed by atoms with Crippen molar-refractivity contribution in [2.75, 3.05) is 6.61 Å². The van der Waals surface area contributed by atoms with Gasteiger partial charge in [0.25, 0.3) is 0 Å². The van der Waals surface area contributed by atoms with Crippen molar-refractivity contribution in [1.29, 1.82) is 0 Å². The summed E-state index contributed by atoms with van der Waals surface area (Å²) in [6.45, 7) is 2.22. The second-order valence-electron chi connectivity index (χ2n) is 6.39. The van der Waals surface area contributed by atoms with Gasteiger partial charge in [0.15, 0.2) is 0 Å². The molecule has 0 spiro atoms. The highest BCUT2D eigenvalue weighted by Gasteiger charge is 2.32. The van der Waals surface area contributed by atoms with Crippen LogP contribution in [0.1, 0.15) is 49.3 Å². The Morgan fingerprint density at radius 3 is 2.48 bits per heavy atom. The van der Waals surface area contributed by atoms with Gasteiger partial charge in [-0.05, 0) is 48.9 Å². The topological polar surface area (TPSA) is 35.5 Å². The van der Waals surface area contributed by atoms with Crippen molar-refractivity contribution >= 4 is 17.6 Å². The number of esters is 1. The summed E-state index contributed by atoms with van der Waals surface area (Å²) in [6.07, 6.45) is 1.83. The number of carbonyl (C=O) groups is 1. The predicted octanol–water partition coefficient (Wildman–Crippen LogP) is 5.30. The van der Waals surface area contributed by atoms with Crippen molar-refractivity contribution in [2.45, 2.75) is 44.3 Å². The monoisotopic (exact) mass is 358 g/mol. The molecule has 1 aliphatic rings. The van der Waals surface area contributed by atoms with E-state index < -0.39 is 0 Å². The quantitative estimate of drug-likeness (QED) is 0.680. The molecule has 3 atom stereocenters. The molecule has 0 amide bonds. The zero-order chi connectivity index (χ0) is 17.6. The summed E-state index contributed by atoms with van der Waals surface area (Å²) in [4.78, 5) is 11.9. The summed E-state index contributed by atoms with van der Waals surface area (Å²) in [7, 11) is 0. The van der Waals surface area contributed by atoms with Crippen molar-refractivity contribution in [1.82, 2.24) is 0 Å². The summed E-state index contributed by atoms with van der Waals surface area (Å²) in [5.74, 6) is 0.158. The minimum atomic E-state index is -0.198. The Morgan fingerprint density at radius 1 is 1.08 bits per heavy atom. The number of carbonyl (C=O) groups excluding carboxylic acids is 1. The Bertz CT molecular complexity index is 684. The maximum Gasteiger partial charge on any atom is 0.308 e. The van der Waals surface area contributed by atoms with Crippen LogP contribution in [0.4, 0.5) is 0 Å². The Labute approximate surface area is 153 Å². The van der Waals surface area contributed by atoms with Gasteiger partial charge in [-0.15, -0.1) is 0 Å². The fourth-order valence-electron chi connectivity index (χ4n) is 3.44. The molecule has 4 heteroatoms. The first-order valence-corrected chi connectivity index (χ1v) is 9.15. The summed E-state index contributed by atoms with van der Waals surface area (Å²) < 4.78 is 11.3. The van der Waals surface area contributed by atoms with E-state index in [1.54, 1.807) is 0 Å². The molecule has 2 aromatic rings. The SMILES string of the molecule is CCOC(=O)C[C@@H]1C[C@H](c2ccccc2)C[C@H](c2ccc(Cl)cc2)O1. The van der Waals surface area contributed by atoms with Crippen LogP contribution >= 0.6 is 11.6 Å². The van der Waals surface area contributed by atoms with Crippen LogP contribution in [0, 0.1) is 0 Å². The van der Waals surface area contributed by atoms with Crippen LogP contribution in [0.3, 0.4) is 0 Å². The molecule has 1 heterocycles. The van der Waals surface area contributed by atoms with Gasteiger partial charge in [0, 0.05) is 5.02 Å². The molecule has 25 heavy (non-hydrogen) atoms. The minimum absolute atomic E-state index is 0.0457. The Morgan fingerprint density at radius 2 is 1.80 bits per heavy atom. The van der Waals surface area contributed by atoms with E-state index in [0.717, 1.165) is 18.4 Å². The van der Waals surface area contributed by atoms with Crippen molar-refractivity contribution < 1.29 is 14.3 Å². The molecule has 0 bridgehead atoms. The van der Waals surface area contributed by atoms with Gasteiger partial charge < -0.3 is 9.47 Å². The van der Waals surface area contributed by atoms with Gasteiger partial charge >= 0.3 is 5.97 Å². The van der Waals surface area contributed by atoms with Gasteiger partial charge in [-0.3, -0.25) is 4.79 Å². The summed E-state index contributed by atoms with van der Waals surface area (Å²) in [6, 6.07) is 18.2. The zero-order valence-electron chi connectivity index (χ0n) is 14.4. The number of ether oxygens (including phenoxy) is 2. The van der Waals surface area contributed by atoms with Crippen molar-refractivity contribution in [3.05, 3.63) is 70.7 Å². The number of hydrogen-bond donors (Lipinski definition) is 0. The molecular formula is C21H23ClO3. The van der Waals surface area contributed by atoms with E-state index in [4.69, 9.17) is 21.1 Å². The van der Waals surface area contributed by atoms with Gasteiger partial charge in [-0.2, -0.15) is 0 Å². The normalized spacial score (nSPS) is 23.2. The number of rotatable bonds is 5. The first kappa shape index (κ1) is 18.0. The molecule has 2 aromatic carbocycles. The molecule has 0 radical (unpaired) electrons. The van der Waals surface area contributed by atoms with Gasteiger partial charge in [-0.25, -0.2) is 0 Å². The Balaban J connectivity index is 1.80. The smallest absolute Gasteiger partial charge is 0.308 e. The van der Waals surface area contributed by atoms with Crippen molar-refractivity contribution in [3.63, 3.8) is 0 Å². The molecule has 1 fully saturated rings. The molecule has 0 unspecified atom stereocenters. The van der Waals surface area contributed by atoms with Gasteiger partial charge in [-0.1, -0.05) is 54.1 Å². The van der Waals surface area contributed by atoms with E-state index in [1.165, 1.54) is 5.56 Å². The van der Waals surface area contributed by atoms with E-state index in [-0.39, 0.29) is 18.2 Å². The Kier molecular flexibility index (Phi) is 6.11. The third kappa shape index (κ3) is 4.83. The van der Waals surface area contributed by atoms with Crippen LogP contribution in [-0.2, 0) is 14.3 Å². The maximum atomic E-state index is 11.9. The van der Waals surface area contributed by atoms with Gasteiger partial charge in [0.05, 0.1) is 25.2 Å². The third-order valence-corrected chi connectivity index (χ3v) is 4.87. The lowest BCUT2D eigenvalue weighted by Crippen LogP contribution is -2.30. The number of benzene rings is 2. The zero-order valence-corrected chi connectivity index (χ0v) is 15.1. The Hall–Kier alpha value is -1.84. The molecule has 0 saturated carbocycles. The van der Waals surface area contributed by atoms with Gasteiger partial charge in [0.1, 0.15) is 0 Å². The molecule has 0 aliphatic carbocycles. The lowest BCUT2D eigenvalue weighted by atomic mass is 9.83. The highest BCUT2D eigenvalue weighted by atomic mass is 35.5. The molecular weight excluding hydrogens is 336 g/mol. The van der Waals surface area contributed by atoms with E-state index >= 15 is 0 Å². The van der Waals surface area contributed by atoms with Crippen LogP contribution in [0.5, 0.6) is 0 Å². The van der Waals surface area contributed by atoms with E-state index in [1.807, 2.05) is 37.3 Å². The van der Waals surface area contributed by atoms with Crippen LogP contribution < -0.4 is 0 Å². The van der Waals surface area contributed by atoms with Gasteiger partial charge in [0.2, 0.25) is 0 Å². The molecule has 3 rings (SSSR count). The molecule has 0 N–H and O–H groups in total. The summed E-state index contributed by atoms with van der Waals surface area (Å²) in [5.41, 5.74) is 2.39. The number of hydrogen-bond acceptors (Lipinski definition) is 3. The van der Waals surface area contributed by atoms with Crippen LogP contribution in [0.25, 0.3) is 0 Å². The predicted molar refractivity (Wildman–Crippen MR) is 98.7 cm³/mol. The van der Waals surface area contributed by atoms with Crippen LogP contribution in [0.2, 0.25) is 5.02 Å². The molecule has 1 aliphatic heterocycles. The molecule has 3 nitrogen and oxygen atoms in total.